The van der Waals surface area contributed by atoms with E-state index >= 15 is 0 Å². The van der Waals surface area contributed by atoms with Crippen LogP contribution in [-0.4, -0.2) is 31.3 Å². The number of nitrogens with one attached hydrogen (secondary N) is 1. The lowest BCUT2D eigenvalue weighted by Crippen LogP contribution is -2.33. The van der Waals surface area contributed by atoms with Gasteiger partial charge in [-0.15, -0.1) is 12.6 Å². The second kappa shape index (κ2) is 9.48. The van der Waals surface area contributed by atoms with Crippen LogP contribution in [0.25, 0.3) is 0 Å². The molecule has 0 heterocycles. The summed E-state index contributed by atoms with van der Waals surface area (Å²) in [5.74, 6) is 0. The fraction of sp³-hybridized carbons (Fsp3) is 0.400. The van der Waals surface area contributed by atoms with E-state index in [-0.39, 0.29) is 0 Å². The van der Waals surface area contributed by atoms with Gasteiger partial charge in [-0.05, 0) is 61.7 Å². The summed E-state index contributed by atoms with van der Waals surface area (Å²) < 4.78 is 0. The van der Waals surface area contributed by atoms with E-state index in [4.69, 9.17) is 11.6 Å². The largest absolute Gasteiger partial charge is 0.387 e. The van der Waals surface area contributed by atoms with E-state index in [0.717, 1.165) is 39.7 Å². The van der Waals surface area contributed by atoms with Crippen molar-refractivity contribution >= 4 is 29.9 Å². The molecule has 2 aromatic carbocycles. The van der Waals surface area contributed by atoms with Crippen molar-refractivity contribution in [2.45, 2.75) is 37.3 Å². The Balaban J connectivity index is 1.77. The number of thiol groups is 1. The number of aliphatic hydroxyl groups is 1. The SMILES string of the molecule is Cc1cc(C(O)CNC(C)CCN(C)c2ccc(Cl)cc2)ccc1S. The average molecular weight is 379 g/mol. The molecule has 0 saturated carbocycles. The molecule has 0 fully saturated rings. The highest BCUT2D eigenvalue weighted by molar-refractivity contribution is 7.80. The minimum atomic E-state index is -0.510. The van der Waals surface area contributed by atoms with Crippen molar-refractivity contribution in [1.29, 1.82) is 0 Å². The Bertz CT molecular complexity index is 678. The van der Waals surface area contributed by atoms with Crippen LogP contribution in [0, 0.1) is 6.92 Å². The number of anilines is 1. The molecular weight excluding hydrogens is 352 g/mol. The summed E-state index contributed by atoms with van der Waals surface area (Å²) >= 11 is 10.3. The molecule has 0 saturated heterocycles. The van der Waals surface area contributed by atoms with Crippen LogP contribution in [0.5, 0.6) is 0 Å². The second-order valence-corrected chi connectivity index (χ2v) is 7.48. The molecule has 0 radical (unpaired) electrons. The zero-order chi connectivity index (χ0) is 18.4. The van der Waals surface area contributed by atoms with Gasteiger partial charge in [0, 0.05) is 41.8 Å². The molecule has 2 atom stereocenters. The van der Waals surface area contributed by atoms with Crippen LogP contribution in [0.1, 0.15) is 30.6 Å². The number of aryl methyl sites for hydroxylation is 1. The summed E-state index contributed by atoms with van der Waals surface area (Å²) in [7, 11) is 2.08. The molecule has 2 aromatic rings. The van der Waals surface area contributed by atoms with Crippen molar-refractivity contribution in [3.63, 3.8) is 0 Å². The molecule has 0 bridgehead atoms. The summed E-state index contributed by atoms with van der Waals surface area (Å²) in [6.45, 7) is 5.61. The Morgan fingerprint density at radius 2 is 1.88 bits per heavy atom. The van der Waals surface area contributed by atoms with E-state index < -0.39 is 6.10 Å². The summed E-state index contributed by atoms with van der Waals surface area (Å²) in [5.41, 5.74) is 3.16. The Morgan fingerprint density at radius 3 is 2.52 bits per heavy atom. The number of hydrogen-bond acceptors (Lipinski definition) is 4. The lowest BCUT2D eigenvalue weighted by molar-refractivity contribution is 0.170. The summed E-state index contributed by atoms with van der Waals surface area (Å²) in [6, 6.07) is 14.0. The van der Waals surface area contributed by atoms with Gasteiger partial charge in [0.1, 0.15) is 0 Å². The minimum Gasteiger partial charge on any atom is -0.387 e. The monoisotopic (exact) mass is 378 g/mol. The quantitative estimate of drug-likeness (QED) is 0.593. The van der Waals surface area contributed by atoms with Gasteiger partial charge >= 0.3 is 0 Å². The van der Waals surface area contributed by atoms with Crippen molar-refractivity contribution in [2.75, 3.05) is 25.0 Å². The lowest BCUT2D eigenvalue weighted by Gasteiger charge is -2.23. The topological polar surface area (TPSA) is 35.5 Å². The van der Waals surface area contributed by atoms with Crippen molar-refractivity contribution in [3.8, 4) is 0 Å². The van der Waals surface area contributed by atoms with Gasteiger partial charge in [0.25, 0.3) is 0 Å². The Morgan fingerprint density at radius 1 is 1.20 bits per heavy atom. The van der Waals surface area contributed by atoms with Gasteiger partial charge in [0.2, 0.25) is 0 Å². The molecule has 2 rings (SSSR count). The molecule has 0 aliphatic rings. The van der Waals surface area contributed by atoms with Crippen LogP contribution in [-0.2, 0) is 0 Å². The van der Waals surface area contributed by atoms with Gasteiger partial charge in [-0.1, -0.05) is 23.7 Å². The van der Waals surface area contributed by atoms with Crippen LogP contribution in [0.15, 0.2) is 47.4 Å². The Labute approximate surface area is 161 Å². The predicted octanol–water partition coefficient (Wildman–Crippen LogP) is 4.48. The molecular formula is C20H27ClN2OS. The van der Waals surface area contributed by atoms with Crippen molar-refractivity contribution < 1.29 is 5.11 Å². The van der Waals surface area contributed by atoms with E-state index in [1.54, 1.807) is 0 Å². The van der Waals surface area contributed by atoms with Crippen LogP contribution in [0.3, 0.4) is 0 Å². The smallest absolute Gasteiger partial charge is 0.0914 e. The van der Waals surface area contributed by atoms with Crippen molar-refractivity contribution in [3.05, 3.63) is 58.6 Å². The van der Waals surface area contributed by atoms with Gasteiger partial charge in [-0.2, -0.15) is 0 Å². The highest BCUT2D eigenvalue weighted by Crippen LogP contribution is 2.20. The standard InChI is InChI=1S/C20H27ClN2OS/c1-14-12-16(4-9-20(14)25)19(24)13-22-15(2)10-11-23(3)18-7-5-17(21)6-8-18/h4-9,12,15,19,22,24-25H,10-11,13H2,1-3H3. The van der Waals surface area contributed by atoms with Crippen LogP contribution in [0.2, 0.25) is 5.02 Å². The van der Waals surface area contributed by atoms with Crippen LogP contribution in [0.4, 0.5) is 5.69 Å². The zero-order valence-corrected chi connectivity index (χ0v) is 16.7. The average Bonchev–Trinajstić information content (AvgIpc) is 2.60. The molecule has 0 amide bonds. The first kappa shape index (κ1) is 20.1. The second-order valence-electron chi connectivity index (χ2n) is 6.56. The fourth-order valence-corrected chi connectivity index (χ4v) is 2.90. The molecule has 136 valence electrons. The Hall–Kier alpha value is -1.20. The number of benzene rings is 2. The van der Waals surface area contributed by atoms with Crippen LogP contribution >= 0.6 is 24.2 Å². The summed E-state index contributed by atoms with van der Waals surface area (Å²) in [5, 5.41) is 14.5. The first-order chi connectivity index (χ1) is 11.9. The first-order valence-electron chi connectivity index (χ1n) is 8.54. The lowest BCUT2D eigenvalue weighted by atomic mass is 10.1. The highest BCUT2D eigenvalue weighted by atomic mass is 35.5. The highest BCUT2D eigenvalue weighted by Gasteiger charge is 2.11. The third-order valence-electron chi connectivity index (χ3n) is 4.43. The molecule has 2 unspecified atom stereocenters. The molecule has 5 heteroatoms. The molecule has 0 aliphatic heterocycles. The minimum absolute atomic E-state index is 0.314. The number of nitrogens with zero attached hydrogens (tertiary/aromatic N) is 1. The zero-order valence-electron chi connectivity index (χ0n) is 15.0. The first-order valence-corrected chi connectivity index (χ1v) is 9.37. The van der Waals surface area contributed by atoms with E-state index in [0.29, 0.717) is 12.6 Å². The molecule has 0 spiro atoms. The van der Waals surface area contributed by atoms with Crippen LogP contribution < -0.4 is 10.2 Å². The number of rotatable bonds is 8. The van der Waals surface area contributed by atoms with Gasteiger partial charge in [-0.3, -0.25) is 0 Å². The van der Waals surface area contributed by atoms with Gasteiger partial charge < -0.3 is 15.3 Å². The summed E-state index contributed by atoms with van der Waals surface area (Å²) in [6.07, 6.45) is 0.476. The summed E-state index contributed by atoms with van der Waals surface area (Å²) in [4.78, 5) is 3.15. The maximum Gasteiger partial charge on any atom is 0.0914 e. The van der Waals surface area contributed by atoms with Crippen molar-refractivity contribution in [2.24, 2.45) is 0 Å². The van der Waals surface area contributed by atoms with Gasteiger partial charge in [0.15, 0.2) is 0 Å². The van der Waals surface area contributed by atoms with E-state index in [1.807, 2.05) is 49.4 Å². The Kier molecular flexibility index (Phi) is 7.63. The van der Waals surface area contributed by atoms with E-state index in [9.17, 15) is 5.11 Å². The normalized spacial score (nSPS) is 13.5. The molecule has 0 aromatic heterocycles. The molecule has 2 N–H and O–H groups in total. The predicted molar refractivity (Wildman–Crippen MR) is 110 cm³/mol. The molecule has 3 nitrogen and oxygen atoms in total. The van der Waals surface area contributed by atoms with Crippen molar-refractivity contribution in [1.82, 2.24) is 5.32 Å². The fourth-order valence-electron chi connectivity index (χ4n) is 2.63. The third kappa shape index (κ3) is 6.23. The molecule has 25 heavy (non-hydrogen) atoms. The van der Waals surface area contributed by atoms with E-state index in [2.05, 4.69) is 36.8 Å². The third-order valence-corrected chi connectivity index (χ3v) is 5.18. The number of hydrogen-bond donors (Lipinski definition) is 3. The van der Waals surface area contributed by atoms with Gasteiger partial charge in [-0.25, -0.2) is 0 Å². The maximum absolute atomic E-state index is 10.4. The molecule has 0 aliphatic carbocycles. The number of halogens is 1. The number of aliphatic hydroxyl groups excluding tert-OH is 1. The van der Waals surface area contributed by atoms with Gasteiger partial charge in [0.05, 0.1) is 6.10 Å². The van der Waals surface area contributed by atoms with E-state index in [1.165, 1.54) is 0 Å². The maximum atomic E-state index is 10.4.